The lowest BCUT2D eigenvalue weighted by molar-refractivity contribution is 0.208. The Kier molecular flexibility index (Phi) is 15.2. The summed E-state index contributed by atoms with van der Waals surface area (Å²) in [6.45, 7) is 16.9. The average Bonchev–Trinajstić information content (AvgIpc) is 2.54. The van der Waals surface area contributed by atoms with Crippen LogP contribution in [0.1, 0.15) is 106 Å². The zero-order chi connectivity index (χ0) is 18.4. The van der Waals surface area contributed by atoms with Crippen molar-refractivity contribution < 1.29 is 0 Å². The van der Waals surface area contributed by atoms with Crippen molar-refractivity contribution in [2.45, 2.75) is 106 Å². The first-order valence-electron chi connectivity index (χ1n) is 11.1. The highest BCUT2D eigenvalue weighted by Gasteiger charge is 2.16. The van der Waals surface area contributed by atoms with Crippen molar-refractivity contribution in [3.8, 4) is 0 Å². The van der Waals surface area contributed by atoms with Gasteiger partial charge in [-0.3, -0.25) is 0 Å². The van der Waals surface area contributed by atoms with Crippen molar-refractivity contribution in [1.82, 2.24) is 4.90 Å². The van der Waals surface area contributed by atoms with Gasteiger partial charge < -0.3 is 4.90 Å². The molecule has 0 fully saturated rings. The third kappa shape index (κ3) is 12.3. The van der Waals surface area contributed by atoms with Crippen LogP contribution in [0.15, 0.2) is 0 Å². The maximum Gasteiger partial charge on any atom is 0.000418 e. The molecule has 0 heterocycles. The summed E-state index contributed by atoms with van der Waals surface area (Å²) in [6, 6.07) is 0. The van der Waals surface area contributed by atoms with Gasteiger partial charge in [0.25, 0.3) is 0 Å². The van der Waals surface area contributed by atoms with Crippen molar-refractivity contribution in [3.63, 3.8) is 0 Å². The zero-order valence-corrected chi connectivity index (χ0v) is 18.2. The summed E-state index contributed by atoms with van der Waals surface area (Å²) in [4.78, 5) is 2.61. The molecule has 4 unspecified atom stereocenters. The minimum atomic E-state index is 0.839. The highest BCUT2D eigenvalue weighted by molar-refractivity contribution is 4.69. The first-order valence-corrected chi connectivity index (χ1v) is 11.1. The molecule has 1 nitrogen and oxygen atoms in total. The van der Waals surface area contributed by atoms with Crippen LogP contribution >= 0.6 is 0 Å². The Balaban J connectivity index is 4.09. The lowest BCUT2D eigenvalue weighted by Gasteiger charge is -2.28. The third-order valence-electron chi connectivity index (χ3n) is 5.80. The van der Waals surface area contributed by atoms with Crippen LogP contribution in [-0.4, -0.2) is 25.0 Å². The van der Waals surface area contributed by atoms with Crippen molar-refractivity contribution in [2.75, 3.05) is 20.1 Å². The molecule has 0 aliphatic heterocycles. The summed E-state index contributed by atoms with van der Waals surface area (Å²) < 4.78 is 0. The van der Waals surface area contributed by atoms with Crippen LogP contribution < -0.4 is 0 Å². The summed E-state index contributed by atoms with van der Waals surface area (Å²) >= 11 is 0. The molecule has 0 radical (unpaired) electrons. The van der Waals surface area contributed by atoms with E-state index in [1.54, 1.807) is 0 Å². The molecule has 0 rings (SSSR count). The van der Waals surface area contributed by atoms with E-state index in [1.165, 1.54) is 77.3 Å². The molecule has 0 aromatic carbocycles. The largest absolute Gasteiger partial charge is 0.306 e. The van der Waals surface area contributed by atoms with E-state index >= 15 is 0 Å². The van der Waals surface area contributed by atoms with Gasteiger partial charge in [0.2, 0.25) is 0 Å². The van der Waals surface area contributed by atoms with Gasteiger partial charge in [0.15, 0.2) is 0 Å². The Morgan fingerprint density at radius 1 is 0.667 bits per heavy atom. The fourth-order valence-electron chi connectivity index (χ4n) is 4.39. The molecule has 0 aliphatic rings. The lowest BCUT2D eigenvalue weighted by Crippen LogP contribution is -2.30. The Bertz CT molecular complexity index is 237. The number of hydrogen-bond acceptors (Lipinski definition) is 1. The molecule has 0 aromatic heterocycles. The summed E-state index contributed by atoms with van der Waals surface area (Å²) in [5.74, 6) is 3.57. The maximum atomic E-state index is 2.61. The van der Waals surface area contributed by atoms with Gasteiger partial charge in [0.1, 0.15) is 0 Å². The fraction of sp³-hybridized carbons (Fsp3) is 1.00. The van der Waals surface area contributed by atoms with Crippen LogP contribution in [0.25, 0.3) is 0 Å². The second-order valence-electron chi connectivity index (χ2n) is 8.74. The van der Waals surface area contributed by atoms with Crippen molar-refractivity contribution in [3.05, 3.63) is 0 Å². The molecule has 0 aromatic rings. The Labute approximate surface area is 155 Å². The Morgan fingerprint density at radius 3 is 1.33 bits per heavy atom. The van der Waals surface area contributed by atoms with Crippen LogP contribution in [0, 0.1) is 23.7 Å². The van der Waals surface area contributed by atoms with Gasteiger partial charge in [-0.1, -0.05) is 92.9 Å². The second-order valence-corrected chi connectivity index (χ2v) is 8.74. The Hall–Kier alpha value is -0.0400. The van der Waals surface area contributed by atoms with Crippen molar-refractivity contribution >= 4 is 0 Å². The second kappa shape index (κ2) is 15.2. The normalized spacial score (nSPS) is 17.0. The number of hydrogen-bond donors (Lipinski definition) is 0. The van der Waals surface area contributed by atoms with Crippen LogP contribution in [0.3, 0.4) is 0 Å². The van der Waals surface area contributed by atoms with Gasteiger partial charge >= 0.3 is 0 Å². The molecule has 0 saturated heterocycles. The molecule has 0 aliphatic carbocycles. The molecule has 1 heteroatoms. The van der Waals surface area contributed by atoms with Gasteiger partial charge in [-0.2, -0.15) is 0 Å². The van der Waals surface area contributed by atoms with Gasteiger partial charge in [-0.25, -0.2) is 0 Å². The Morgan fingerprint density at radius 2 is 1.04 bits per heavy atom. The van der Waals surface area contributed by atoms with Crippen LogP contribution in [0.5, 0.6) is 0 Å². The maximum absolute atomic E-state index is 2.61. The molecular formula is C23H49N. The highest BCUT2D eigenvalue weighted by atomic mass is 15.1. The zero-order valence-electron chi connectivity index (χ0n) is 18.2. The standard InChI is InChI=1S/C23H49N/c1-8-12-14-22(10-3)16-20(5)18-24(7)19-21(6)17-23(11-4)15-13-9-2/h20-23H,8-19H2,1-7H3. The molecule has 0 saturated carbocycles. The summed E-state index contributed by atoms with van der Waals surface area (Å²) in [6.07, 6.45) is 14.0. The van der Waals surface area contributed by atoms with Gasteiger partial charge in [0, 0.05) is 13.1 Å². The topological polar surface area (TPSA) is 3.24 Å². The van der Waals surface area contributed by atoms with E-state index in [-0.39, 0.29) is 0 Å². The van der Waals surface area contributed by atoms with E-state index in [4.69, 9.17) is 0 Å². The summed E-state index contributed by atoms with van der Waals surface area (Å²) in [5, 5.41) is 0. The first kappa shape index (κ1) is 24.0. The molecule has 0 bridgehead atoms. The quantitative estimate of drug-likeness (QED) is 0.283. The van der Waals surface area contributed by atoms with Gasteiger partial charge in [0.05, 0.1) is 0 Å². The van der Waals surface area contributed by atoms with Gasteiger partial charge in [-0.05, 0) is 43.6 Å². The number of rotatable bonds is 16. The average molecular weight is 340 g/mol. The SMILES string of the molecule is CCCCC(CC)CC(C)CN(C)CC(C)CC(CC)CCCC. The van der Waals surface area contributed by atoms with Gasteiger partial charge in [-0.15, -0.1) is 0 Å². The summed E-state index contributed by atoms with van der Waals surface area (Å²) in [5.41, 5.74) is 0. The third-order valence-corrected chi connectivity index (χ3v) is 5.80. The molecular weight excluding hydrogens is 290 g/mol. The van der Waals surface area contributed by atoms with E-state index in [2.05, 4.69) is 53.5 Å². The van der Waals surface area contributed by atoms with Crippen LogP contribution in [-0.2, 0) is 0 Å². The predicted molar refractivity (Wildman–Crippen MR) is 112 cm³/mol. The molecule has 146 valence electrons. The van der Waals surface area contributed by atoms with Crippen LogP contribution in [0.4, 0.5) is 0 Å². The highest BCUT2D eigenvalue weighted by Crippen LogP contribution is 2.24. The van der Waals surface area contributed by atoms with E-state index < -0.39 is 0 Å². The smallest absolute Gasteiger partial charge is 0.000418 e. The number of unbranched alkanes of at least 4 members (excludes halogenated alkanes) is 2. The number of nitrogens with zero attached hydrogens (tertiary/aromatic N) is 1. The van der Waals surface area contributed by atoms with Crippen LogP contribution in [0.2, 0.25) is 0 Å². The monoisotopic (exact) mass is 339 g/mol. The summed E-state index contributed by atoms with van der Waals surface area (Å²) in [7, 11) is 2.34. The molecule has 24 heavy (non-hydrogen) atoms. The minimum Gasteiger partial charge on any atom is -0.306 e. The fourth-order valence-corrected chi connectivity index (χ4v) is 4.39. The van der Waals surface area contributed by atoms with E-state index in [0.717, 1.165) is 23.7 Å². The minimum absolute atomic E-state index is 0.839. The molecule has 4 atom stereocenters. The van der Waals surface area contributed by atoms with E-state index in [0.29, 0.717) is 0 Å². The molecule has 0 spiro atoms. The predicted octanol–water partition coefficient (Wildman–Crippen LogP) is 7.40. The first-order chi connectivity index (χ1) is 11.5. The molecule has 0 N–H and O–H groups in total. The molecule has 0 amide bonds. The van der Waals surface area contributed by atoms with E-state index in [1.807, 2.05) is 0 Å². The lowest BCUT2D eigenvalue weighted by atomic mass is 9.88. The van der Waals surface area contributed by atoms with Crippen molar-refractivity contribution in [1.29, 1.82) is 0 Å². The van der Waals surface area contributed by atoms with E-state index in [9.17, 15) is 0 Å². The van der Waals surface area contributed by atoms with Crippen molar-refractivity contribution in [2.24, 2.45) is 23.7 Å².